The Morgan fingerprint density at radius 2 is 1.70 bits per heavy atom. The third kappa shape index (κ3) is 6.59. The molecule has 2 rings (SSSR count). The predicted molar refractivity (Wildman–Crippen MR) is 123 cm³/mol. The Bertz CT molecular complexity index is 845. The number of aryl methyl sites for hydroxylation is 2. The number of halogens is 1. The quantitative estimate of drug-likeness (QED) is 0.568. The first-order valence-corrected chi connectivity index (χ1v) is 11.1. The Balaban J connectivity index is 2.21. The van der Waals surface area contributed by atoms with Crippen LogP contribution in [-0.2, 0) is 16.1 Å². The molecule has 1 atom stereocenters. The van der Waals surface area contributed by atoms with Crippen molar-refractivity contribution in [1.29, 1.82) is 0 Å². The van der Waals surface area contributed by atoms with Gasteiger partial charge in [-0.1, -0.05) is 53.2 Å². The van der Waals surface area contributed by atoms with E-state index < -0.39 is 6.04 Å². The molecule has 30 heavy (non-hydrogen) atoms. The number of carbonyl (C=O) groups is 2. The van der Waals surface area contributed by atoms with Crippen molar-refractivity contribution in [3.8, 4) is 5.75 Å². The highest BCUT2D eigenvalue weighted by Crippen LogP contribution is 2.26. The average molecular weight is 475 g/mol. The first-order valence-electron chi connectivity index (χ1n) is 10.3. The molecule has 0 bridgehead atoms. The van der Waals surface area contributed by atoms with Crippen LogP contribution in [-0.4, -0.2) is 35.4 Å². The van der Waals surface area contributed by atoms with Crippen LogP contribution in [0.25, 0.3) is 0 Å². The van der Waals surface area contributed by atoms with Gasteiger partial charge in [0, 0.05) is 17.1 Å². The Hall–Kier alpha value is -2.34. The number of amides is 2. The van der Waals surface area contributed by atoms with E-state index in [1.54, 1.807) is 4.90 Å². The molecule has 1 unspecified atom stereocenters. The van der Waals surface area contributed by atoms with Gasteiger partial charge in [0.05, 0.1) is 0 Å². The van der Waals surface area contributed by atoms with Crippen LogP contribution in [0.5, 0.6) is 5.75 Å². The maximum absolute atomic E-state index is 13.2. The maximum Gasteiger partial charge on any atom is 0.261 e. The molecule has 0 fully saturated rings. The van der Waals surface area contributed by atoms with Gasteiger partial charge in [0.1, 0.15) is 11.8 Å². The van der Waals surface area contributed by atoms with E-state index in [2.05, 4.69) is 21.2 Å². The fourth-order valence-electron chi connectivity index (χ4n) is 3.30. The normalized spacial score (nSPS) is 11.8. The molecule has 0 saturated carbocycles. The predicted octanol–water partition coefficient (Wildman–Crippen LogP) is 4.78. The topological polar surface area (TPSA) is 58.6 Å². The van der Waals surface area contributed by atoms with Crippen molar-refractivity contribution in [1.82, 2.24) is 10.2 Å². The Kier molecular flexibility index (Phi) is 8.90. The molecule has 0 spiro atoms. The molecule has 6 heteroatoms. The van der Waals surface area contributed by atoms with E-state index in [9.17, 15) is 9.59 Å². The standard InChI is InChI=1S/C24H31BrN2O3/c1-6-21(24(29)26-16(2)3)27(14-19-10-8-7-9-11-19)22(28)15-30-20-12-17(4)23(25)18(5)13-20/h7-13,16,21H,6,14-15H2,1-5H3,(H,26,29). The summed E-state index contributed by atoms with van der Waals surface area (Å²) in [6.45, 7) is 9.93. The van der Waals surface area contributed by atoms with E-state index in [1.165, 1.54) is 0 Å². The molecule has 1 N–H and O–H groups in total. The summed E-state index contributed by atoms with van der Waals surface area (Å²) in [7, 11) is 0. The number of benzene rings is 2. The van der Waals surface area contributed by atoms with E-state index >= 15 is 0 Å². The Morgan fingerprint density at radius 3 is 2.23 bits per heavy atom. The Labute approximate surface area is 187 Å². The lowest BCUT2D eigenvalue weighted by Gasteiger charge is -2.31. The van der Waals surface area contributed by atoms with E-state index in [0.29, 0.717) is 18.7 Å². The molecule has 0 heterocycles. The smallest absolute Gasteiger partial charge is 0.261 e. The number of hydrogen-bond acceptors (Lipinski definition) is 3. The van der Waals surface area contributed by atoms with E-state index in [-0.39, 0.29) is 24.5 Å². The van der Waals surface area contributed by atoms with Gasteiger partial charge in [-0.05, 0) is 62.9 Å². The summed E-state index contributed by atoms with van der Waals surface area (Å²) >= 11 is 3.54. The van der Waals surface area contributed by atoms with Crippen LogP contribution in [0.2, 0.25) is 0 Å². The van der Waals surface area contributed by atoms with E-state index in [0.717, 1.165) is 21.2 Å². The summed E-state index contributed by atoms with van der Waals surface area (Å²) in [6.07, 6.45) is 0.521. The molecule has 0 saturated heterocycles. The highest BCUT2D eigenvalue weighted by atomic mass is 79.9. The molecule has 0 radical (unpaired) electrons. The monoisotopic (exact) mass is 474 g/mol. The van der Waals surface area contributed by atoms with Crippen molar-refractivity contribution >= 4 is 27.7 Å². The minimum absolute atomic E-state index is 0.00481. The summed E-state index contributed by atoms with van der Waals surface area (Å²) in [4.78, 5) is 27.5. The Morgan fingerprint density at radius 1 is 1.10 bits per heavy atom. The molecule has 2 amide bonds. The van der Waals surface area contributed by atoms with Crippen LogP contribution < -0.4 is 10.1 Å². The second-order valence-electron chi connectivity index (χ2n) is 7.75. The van der Waals surface area contributed by atoms with Crippen molar-refractivity contribution in [2.24, 2.45) is 0 Å². The fourth-order valence-corrected chi connectivity index (χ4v) is 3.53. The summed E-state index contributed by atoms with van der Waals surface area (Å²) < 4.78 is 6.85. The van der Waals surface area contributed by atoms with Gasteiger partial charge < -0.3 is 15.0 Å². The molecule has 0 aliphatic heterocycles. The van der Waals surface area contributed by atoms with Gasteiger partial charge in [0.25, 0.3) is 5.91 Å². The first kappa shape index (κ1) is 23.9. The lowest BCUT2D eigenvalue weighted by molar-refractivity contribution is -0.143. The number of nitrogens with zero attached hydrogens (tertiary/aromatic N) is 1. The van der Waals surface area contributed by atoms with Crippen molar-refractivity contribution in [2.45, 2.75) is 59.7 Å². The van der Waals surface area contributed by atoms with Gasteiger partial charge in [0.2, 0.25) is 5.91 Å². The van der Waals surface area contributed by atoms with Crippen LogP contribution >= 0.6 is 15.9 Å². The van der Waals surface area contributed by atoms with Crippen LogP contribution in [0, 0.1) is 13.8 Å². The van der Waals surface area contributed by atoms with Gasteiger partial charge in [-0.3, -0.25) is 9.59 Å². The zero-order chi connectivity index (χ0) is 22.3. The van der Waals surface area contributed by atoms with Crippen molar-refractivity contribution in [3.63, 3.8) is 0 Å². The van der Waals surface area contributed by atoms with E-state index in [4.69, 9.17) is 4.74 Å². The molecular weight excluding hydrogens is 444 g/mol. The summed E-state index contributed by atoms with van der Waals surface area (Å²) in [6, 6.07) is 12.9. The molecule has 0 aliphatic carbocycles. The van der Waals surface area contributed by atoms with Gasteiger partial charge in [-0.2, -0.15) is 0 Å². The molecular formula is C24H31BrN2O3. The van der Waals surface area contributed by atoms with Crippen LogP contribution in [0.4, 0.5) is 0 Å². The molecule has 162 valence electrons. The van der Waals surface area contributed by atoms with Crippen molar-refractivity contribution in [2.75, 3.05) is 6.61 Å². The molecule has 0 aromatic heterocycles. The first-order chi connectivity index (χ1) is 14.2. The maximum atomic E-state index is 13.2. The number of carbonyl (C=O) groups excluding carboxylic acids is 2. The highest BCUT2D eigenvalue weighted by Gasteiger charge is 2.29. The van der Waals surface area contributed by atoms with Crippen molar-refractivity contribution < 1.29 is 14.3 Å². The number of rotatable bonds is 9. The molecule has 0 aliphatic rings. The number of hydrogen-bond donors (Lipinski definition) is 1. The number of nitrogens with one attached hydrogen (secondary N) is 1. The summed E-state index contributed by atoms with van der Waals surface area (Å²) in [5.74, 6) is 0.274. The van der Waals surface area contributed by atoms with Gasteiger partial charge in [0.15, 0.2) is 6.61 Å². The lowest BCUT2D eigenvalue weighted by Crippen LogP contribution is -2.51. The lowest BCUT2D eigenvalue weighted by atomic mass is 10.1. The molecule has 2 aromatic rings. The fraction of sp³-hybridized carbons (Fsp3) is 0.417. The third-order valence-electron chi connectivity index (χ3n) is 4.78. The minimum atomic E-state index is -0.558. The van der Waals surface area contributed by atoms with Gasteiger partial charge in [-0.25, -0.2) is 0 Å². The zero-order valence-electron chi connectivity index (χ0n) is 18.4. The van der Waals surface area contributed by atoms with E-state index in [1.807, 2.05) is 77.1 Å². The van der Waals surface area contributed by atoms with Crippen LogP contribution in [0.1, 0.15) is 43.9 Å². The SMILES string of the molecule is CCC(C(=O)NC(C)C)N(Cc1ccccc1)C(=O)COc1cc(C)c(Br)c(C)c1. The van der Waals surface area contributed by atoms with Gasteiger partial charge >= 0.3 is 0 Å². The second kappa shape index (κ2) is 11.2. The summed E-state index contributed by atoms with van der Waals surface area (Å²) in [5, 5.41) is 2.93. The minimum Gasteiger partial charge on any atom is -0.484 e. The molecule has 5 nitrogen and oxygen atoms in total. The second-order valence-corrected chi connectivity index (χ2v) is 8.55. The largest absolute Gasteiger partial charge is 0.484 e. The molecule has 2 aromatic carbocycles. The average Bonchev–Trinajstić information content (AvgIpc) is 2.70. The zero-order valence-corrected chi connectivity index (χ0v) is 20.0. The summed E-state index contributed by atoms with van der Waals surface area (Å²) in [5.41, 5.74) is 3.06. The van der Waals surface area contributed by atoms with Crippen LogP contribution in [0.15, 0.2) is 46.9 Å². The highest BCUT2D eigenvalue weighted by molar-refractivity contribution is 9.10. The number of ether oxygens (including phenoxy) is 1. The van der Waals surface area contributed by atoms with Crippen molar-refractivity contribution in [3.05, 3.63) is 63.6 Å². The van der Waals surface area contributed by atoms with Crippen LogP contribution in [0.3, 0.4) is 0 Å². The van der Waals surface area contributed by atoms with Gasteiger partial charge in [-0.15, -0.1) is 0 Å². The third-order valence-corrected chi connectivity index (χ3v) is 6.04.